The lowest BCUT2D eigenvalue weighted by Crippen LogP contribution is -2.42. The number of nitro groups is 1. The summed E-state index contributed by atoms with van der Waals surface area (Å²) in [6, 6.07) is 4.73. The van der Waals surface area contributed by atoms with Gasteiger partial charge in [0.25, 0.3) is 11.6 Å². The number of amides is 3. The highest BCUT2D eigenvalue weighted by molar-refractivity contribution is 5.97. The molecule has 0 unspecified atom stereocenters. The lowest BCUT2D eigenvalue weighted by Gasteiger charge is -2.10. The first kappa shape index (κ1) is 16.8. The minimum absolute atomic E-state index is 0.175. The van der Waals surface area contributed by atoms with Gasteiger partial charge >= 0.3 is 12.0 Å². The summed E-state index contributed by atoms with van der Waals surface area (Å²) < 4.78 is 4.72. The normalized spacial score (nSPS) is 11.7. The van der Waals surface area contributed by atoms with Crippen molar-refractivity contribution < 1.29 is 24.0 Å². The molecule has 0 aliphatic carbocycles. The zero-order chi connectivity index (χ0) is 16.7. The Morgan fingerprint density at radius 3 is 2.59 bits per heavy atom. The van der Waals surface area contributed by atoms with Crippen molar-refractivity contribution in [3.63, 3.8) is 0 Å². The number of carbonyl (C=O) groups excluding carboxylic acids is 3. The average molecular weight is 307 g/mol. The van der Waals surface area contributed by atoms with Crippen LogP contribution in [0.1, 0.15) is 12.5 Å². The molecule has 1 atom stereocenters. The molecular formula is C13H13N3O6. The first-order valence-corrected chi connectivity index (χ1v) is 6.03. The van der Waals surface area contributed by atoms with Crippen LogP contribution in [-0.4, -0.2) is 28.9 Å². The lowest BCUT2D eigenvalue weighted by atomic mass is 10.1. The Bertz CT molecular complexity index is 640. The maximum absolute atomic E-state index is 11.5. The summed E-state index contributed by atoms with van der Waals surface area (Å²) in [5.41, 5.74) is 4.78. The molecule has 3 amide bonds. The summed E-state index contributed by atoms with van der Waals surface area (Å²) >= 11 is 0. The van der Waals surface area contributed by atoms with E-state index in [1.165, 1.54) is 31.2 Å². The number of nitrogens with zero attached hydrogens (tertiary/aromatic N) is 1. The first-order chi connectivity index (χ1) is 10.3. The highest BCUT2D eigenvalue weighted by Crippen LogP contribution is 2.18. The molecule has 0 fully saturated rings. The predicted molar refractivity (Wildman–Crippen MR) is 75.4 cm³/mol. The number of nitrogens with one attached hydrogen (secondary N) is 1. The molecule has 0 aliphatic rings. The average Bonchev–Trinajstić information content (AvgIpc) is 2.44. The van der Waals surface area contributed by atoms with Crippen LogP contribution in [0, 0.1) is 10.1 Å². The number of nitrogens with two attached hydrogens (primary N) is 1. The minimum atomic E-state index is -1.24. The molecular weight excluding hydrogens is 294 g/mol. The van der Waals surface area contributed by atoms with E-state index in [1.54, 1.807) is 11.4 Å². The summed E-state index contributed by atoms with van der Waals surface area (Å²) in [4.78, 5) is 43.5. The fraction of sp³-hybridized carbons (Fsp3) is 0.154. The van der Waals surface area contributed by atoms with Crippen LogP contribution in [0.3, 0.4) is 0 Å². The van der Waals surface area contributed by atoms with Crippen LogP contribution >= 0.6 is 0 Å². The fourth-order valence-corrected chi connectivity index (χ4v) is 1.44. The van der Waals surface area contributed by atoms with Gasteiger partial charge in [-0.15, -0.1) is 0 Å². The van der Waals surface area contributed by atoms with Gasteiger partial charge in [0.1, 0.15) is 0 Å². The Labute approximate surface area is 124 Å². The Balaban J connectivity index is 2.71. The van der Waals surface area contributed by atoms with Gasteiger partial charge in [-0.05, 0) is 19.1 Å². The number of imide groups is 1. The van der Waals surface area contributed by atoms with Gasteiger partial charge in [0.05, 0.1) is 10.5 Å². The number of nitro benzene ring substituents is 1. The zero-order valence-corrected chi connectivity index (χ0v) is 11.5. The van der Waals surface area contributed by atoms with Gasteiger partial charge in [0, 0.05) is 12.1 Å². The maximum atomic E-state index is 11.5. The van der Waals surface area contributed by atoms with Gasteiger partial charge in [0.15, 0.2) is 6.10 Å². The highest BCUT2D eigenvalue weighted by Gasteiger charge is 2.18. The van der Waals surface area contributed by atoms with Crippen molar-refractivity contribution in [2.24, 2.45) is 5.73 Å². The number of rotatable bonds is 5. The Hall–Kier alpha value is -3.23. The molecule has 1 rings (SSSR count). The molecule has 22 heavy (non-hydrogen) atoms. The Kier molecular flexibility index (Phi) is 5.75. The van der Waals surface area contributed by atoms with Crippen LogP contribution in [0.5, 0.6) is 0 Å². The maximum Gasteiger partial charge on any atom is 0.331 e. The van der Waals surface area contributed by atoms with E-state index in [4.69, 9.17) is 10.5 Å². The molecule has 9 heteroatoms. The van der Waals surface area contributed by atoms with Gasteiger partial charge in [-0.2, -0.15) is 0 Å². The number of para-hydroxylation sites is 1. The summed E-state index contributed by atoms with van der Waals surface area (Å²) in [5.74, 6) is -1.77. The van der Waals surface area contributed by atoms with Crippen molar-refractivity contribution in [2.75, 3.05) is 0 Å². The number of primary amides is 1. The summed E-state index contributed by atoms with van der Waals surface area (Å²) in [5, 5.41) is 12.6. The molecule has 3 N–H and O–H groups in total. The lowest BCUT2D eigenvalue weighted by molar-refractivity contribution is -0.385. The van der Waals surface area contributed by atoms with Crippen LogP contribution < -0.4 is 11.1 Å². The first-order valence-electron chi connectivity index (χ1n) is 6.03. The van der Waals surface area contributed by atoms with Crippen LogP contribution in [-0.2, 0) is 14.3 Å². The number of hydrogen-bond donors (Lipinski definition) is 2. The third-order valence-electron chi connectivity index (χ3n) is 2.44. The second kappa shape index (κ2) is 7.53. The molecule has 0 aromatic heterocycles. The van der Waals surface area contributed by atoms with E-state index in [0.717, 1.165) is 6.08 Å². The number of hydrogen-bond acceptors (Lipinski definition) is 6. The van der Waals surface area contributed by atoms with Gasteiger partial charge in [-0.1, -0.05) is 12.1 Å². The van der Waals surface area contributed by atoms with Crippen LogP contribution in [0.2, 0.25) is 0 Å². The Morgan fingerprint density at radius 2 is 2.00 bits per heavy atom. The van der Waals surface area contributed by atoms with Crippen molar-refractivity contribution in [1.82, 2.24) is 5.32 Å². The largest absolute Gasteiger partial charge is 0.449 e. The molecule has 0 radical (unpaired) electrons. The number of carbonyl (C=O) groups is 3. The molecule has 9 nitrogen and oxygen atoms in total. The standard InChI is InChI=1S/C13H13N3O6/c1-8(12(18)15-13(14)19)22-11(17)7-6-9-4-2-3-5-10(9)16(20)21/h2-8H,1H3,(H3,14,15,18,19)/b7-6+/t8-/m0/s1. The molecule has 116 valence electrons. The van der Waals surface area contributed by atoms with Crippen molar-refractivity contribution in [2.45, 2.75) is 13.0 Å². The topological polar surface area (TPSA) is 142 Å². The number of esters is 1. The van der Waals surface area contributed by atoms with Crippen molar-refractivity contribution >= 4 is 29.7 Å². The van der Waals surface area contributed by atoms with Crippen LogP contribution in [0.15, 0.2) is 30.3 Å². The monoisotopic (exact) mass is 307 g/mol. The second-order valence-corrected chi connectivity index (χ2v) is 4.08. The van der Waals surface area contributed by atoms with E-state index in [-0.39, 0.29) is 11.3 Å². The fourth-order valence-electron chi connectivity index (χ4n) is 1.44. The van der Waals surface area contributed by atoms with E-state index in [9.17, 15) is 24.5 Å². The van der Waals surface area contributed by atoms with E-state index >= 15 is 0 Å². The molecule has 0 saturated heterocycles. The third-order valence-corrected chi connectivity index (χ3v) is 2.44. The van der Waals surface area contributed by atoms with Crippen LogP contribution in [0.25, 0.3) is 6.08 Å². The van der Waals surface area contributed by atoms with E-state index < -0.39 is 28.9 Å². The predicted octanol–water partition coefficient (Wildman–Crippen LogP) is 0.735. The molecule has 1 aromatic carbocycles. The molecule has 0 aliphatic heterocycles. The minimum Gasteiger partial charge on any atom is -0.449 e. The van der Waals surface area contributed by atoms with E-state index in [2.05, 4.69) is 0 Å². The third kappa shape index (κ3) is 5.04. The molecule has 1 aromatic rings. The smallest absolute Gasteiger partial charge is 0.331 e. The van der Waals surface area contributed by atoms with Gasteiger partial charge < -0.3 is 10.5 Å². The second-order valence-electron chi connectivity index (χ2n) is 4.08. The zero-order valence-electron chi connectivity index (χ0n) is 11.5. The van der Waals surface area contributed by atoms with Gasteiger partial charge in [-0.3, -0.25) is 20.2 Å². The van der Waals surface area contributed by atoms with Gasteiger partial charge in [0.2, 0.25) is 0 Å². The molecule has 0 spiro atoms. The number of urea groups is 1. The quantitative estimate of drug-likeness (QED) is 0.355. The number of ether oxygens (including phenoxy) is 1. The Morgan fingerprint density at radius 1 is 1.36 bits per heavy atom. The summed E-state index contributed by atoms with van der Waals surface area (Å²) in [7, 11) is 0. The number of benzene rings is 1. The van der Waals surface area contributed by atoms with Crippen molar-refractivity contribution in [1.29, 1.82) is 0 Å². The molecule has 0 saturated carbocycles. The van der Waals surface area contributed by atoms with Gasteiger partial charge in [-0.25, -0.2) is 9.59 Å². The molecule has 0 bridgehead atoms. The van der Waals surface area contributed by atoms with E-state index in [1.807, 2.05) is 0 Å². The van der Waals surface area contributed by atoms with E-state index in [0.29, 0.717) is 0 Å². The van der Waals surface area contributed by atoms with Crippen molar-refractivity contribution in [3.8, 4) is 0 Å². The SMILES string of the molecule is C[C@H](OC(=O)/C=C/c1ccccc1[N+](=O)[O-])C(=O)NC(N)=O. The summed E-state index contributed by atoms with van der Waals surface area (Å²) in [6.07, 6.45) is 0.894. The molecule has 0 heterocycles. The highest BCUT2D eigenvalue weighted by atomic mass is 16.6. The van der Waals surface area contributed by atoms with Crippen molar-refractivity contribution in [3.05, 3.63) is 46.0 Å². The van der Waals surface area contributed by atoms with Crippen LogP contribution in [0.4, 0.5) is 10.5 Å². The summed E-state index contributed by atoms with van der Waals surface area (Å²) in [6.45, 7) is 1.25.